The normalized spacial score (nSPS) is 10.0. The Morgan fingerprint density at radius 1 is 1.00 bits per heavy atom. The molecule has 24 heavy (non-hydrogen) atoms. The van der Waals surface area contributed by atoms with Crippen molar-refractivity contribution in [3.8, 4) is 28.8 Å². The topological polar surface area (TPSA) is 55.1 Å². The smallest absolute Gasteiger partial charge is 0.129 e. The van der Waals surface area contributed by atoms with E-state index in [2.05, 4.69) is 11.1 Å². The predicted octanol–water partition coefficient (Wildman–Crippen LogP) is 4.21. The molecule has 0 bridgehead atoms. The number of nitrogens with zero attached hydrogens (tertiary/aromatic N) is 2. The maximum atomic E-state index is 9.29. The number of nitriles is 1. The minimum atomic E-state index is 0.426. The number of aromatic nitrogens is 1. The van der Waals surface area contributed by atoms with Crippen LogP contribution in [0.2, 0.25) is 0 Å². The minimum absolute atomic E-state index is 0.426. The number of benzene rings is 2. The van der Waals surface area contributed by atoms with Crippen molar-refractivity contribution in [3.63, 3.8) is 0 Å². The van der Waals surface area contributed by atoms with Gasteiger partial charge in [-0.1, -0.05) is 24.3 Å². The Labute approximate surface area is 140 Å². The molecule has 0 atom stereocenters. The van der Waals surface area contributed by atoms with Gasteiger partial charge in [-0.3, -0.25) is 4.98 Å². The van der Waals surface area contributed by atoms with Gasteiger partial charge in [-0.25, -0.2) is 0 Å². The highest BCUT2D eigenvalue weighted by Gasteiger charge is 2.11. The van der Waals surface area contributed by atoms with Gasteiger partial charge in [-0.05, 0) is 42.0 Å². The van der Waals surface area contributed by atoms with Crippen LogP contribution in [-0.2, 0) is 6.61 Å². The van der Waals surface area contributed by atoms with Crippen LogP contribution in [0.5, 0.6) is 11.5 Å². The maximum absolute atomic E-state index is 9.29. The van der Waals surface area contributed by atoms with Gasteiger partial charge in [0.1, 0.15) is 24.2 Å². The first-order valence-electron chi connectivity index (χ1n) is 7.52. The number of pyridine rings is 1. The van der Waals surface area contributed by atoms with E-state index in [-0.39, 0.29) is 0 Å². The average molecular weight is 316 g/mol. The van der Waals surface area contributed by atoms with Crippen molar-refractivity contribution in [2.75, 3.05) is 7.11 Å². The summed E-state index contributed by atoms with van der Waals surface area (Å²) >= 11 is 0. The molecule has 0 N–H and O–H groups in total. The molecule has 0 fully saturated rings. The summed E-state index contributed by atoms with van der Waals surface area (Å²) in [5, 5.41) is 9.29. The third-order valence-electron chi connectivity index (χ3n) is 3.62. The van der Waals surface area contributed by atoms with E-state index in [0.717, 1.165) is 16.9 Å². The molecule has 0 radical (unpaired) electrons. The van der Waals surface area contributed by atoms with E-state index >= 15 is 0 Å². The molecule has 0 saturated heterocycles. The highest BCUT2D eigenvalue weighted by molar-refractivity contribution is 5.72. The number of methoxy groups -OCH3 is 1. The standard InChI is InChI=1S/C20H16N2O2/c1-23-17-10-8-15(9-11-17)14-24-19-7-3-2-6-18(19)20-16(13-21)5-4-12-22-20/h2-12H,14H2,1H3. The summed E-state index contributed by atoms with van der Waals surface area (Å²) in [6.45, 7) is 0.426. The van der Waals surface area contributed by atoms with Gasteiger partial charge in [0.15, 0.2) is 0 Å². The average Bonchev–Trinajstić information content (AvgIpc) is 2.67. The Kier molecular flexibility index (Phi) is 4.73. The van der Waals surface area contributed by atoms with Gasteiger partial charge in [-0.15, -0.1) is 0 Å². The van der Waals surface area contributed by atoms with Gasteiger partial charge in [0, 0.05) is 11.8 Å². The van der Waals surface area contributed by atoms with Crippen LogP contribution < -0.4 is 9.47 Å². The van der Waals surface area contributed by atoms with Crippen LogP contribution in [0.25, 0.3) is 11.3 Å². The maximum Gasteiger partial charge on any atom is 0.129 e. The summed E-state index contributed by atoms with van der Waals surface area (Å²) in [5.74, 6) is 1.51. The van der Waals surface area contributed by atoms with Crippen molar-refractivity contribution in [3.05, 3.63) is 78.0 Å². The highest BCUT2D eigenvalue weighted by Crippen LogP contribution is 2.31. The van der Waals surface area contributed by atoms with E-state index < -0.39 is 0 Å². The Hall–Kier alpha value is -3.32. The fraction of sp³-hybridized carbons (Fsp3) is 0.100. The molecule has 2 aromatic carbocycles. The van der Waals surface area contributed by atoms with E-state index in [9.17, 15) is 5.26 Å². The Morgan fingerprint density at radius 2 is 1.79 bits per heavy atom. The van der Waals surface area contributed by atoms with Crippen molar-refractivity contribution >= 4 is 0 Å². The second-order valence-electron chi connectivity index (χ2n) is 5.14. The molecule has 0 spiro atoms. The van der Waals surface area contributed by atoms with Crippen molar-refractivity contribution in [2.45, 2.75) is 6.61 Å². The quantitative estimate of drug-likeness (QED) is 0.707. The minimum Gasteiger partial charge on any atom is -0.497 e. The summed E-state index contributed by atoms with van der Waals surface area (Å²) in [7, 11) is 1.64. The van der Waals surface area contributed by atoms with Gasteiger partial charge in [-0.2, -0.15) is 5.26 Å². The monoisotopic (exact) mass is 316 g/mol. The van der Waals surface area contributed by atoms with Crippen LogP contribution in [0.15, 0.2) is 66.9 Å². The van der Waals surface area contributed by atoms with Gasteiger partial charge in [0.2, 0.25) is 0 Å². The van der Waals surface area contributed by atoms with E-state index in [4.69, 9.17) is 9.47 Å². The zero-order chi connectivity index (χ0) is 16.8. The third-order valence-corrected chi connectivity index (χ3v) is 3.62. The zero-order valence-corrected chi connectivity index (χ0v) is 13.3. The van der Waals surface area contributed by atoms with Crippen molar-refractivity contribution in [1.82, 2.24) is 4.98 Å². The molecule has 3 rings (SSSR count). The number of hydrogen-bond donors (Lipinski definition) is 0. The summed E-state index contributed by atoms with van der Waals surface area (Å²) in [4.78, 5) is 4.34. The first-order chi connectivity index (χ1) is 11.8. The number of para-hydroxylation sites is 1. The molecule has 118 valence electrons. The van der Waals surface area contributed by atoms with E-state index in [1.54, 1.807) is 25.4 Å². The molecule has 3 aromatic rings. The van der Waals surface area contributed by atoms with E-state index in [0.29, 0.717) is 23.6 Å². The lowest BCUT2D eigenvalue weighted by atomic mass is 10.1. The van der Waals surface area contributed by atoms with Crippen LogP contribution in [0.4, 0.5) is 0 Å². The molecule has 4 heteroatoms. The molecule has 0 aliphatic carbocycles. The predicted molar refractivity (Wildman–Crippen MR) is 91.7 cm³/mol. The Balaban J connectivity index is 1.85. The zero-order valence-electron chi connectivity index (χ0n) is 13.3. The highest BCUT2D eigenvalue weighted by atomic mass is 16.5. The summed E-state index contributed by atoms with van der Waals surface area (Å²) < 4.78 is 11.1. The third kappa shape index (κ3) is 3.36. The lowest BCUT2D eigenvalue weighted by molar-refractivity contribution is 0.307. The van der Waals surface area contributed by atoms with Crippen molar-refractivity contribution in [2.24, 2.45) is 0 Å². The van der Waals surface area contributed by atoms with Crippen LogP contribution in [0.3, 0.4) is 0 Å². The largest absolute Gasteiger partial charge is 0.497 e. The van der Waals surface area contributed by atoms with Gasteiger partial charge >= 0.3 is 0 Å². The Morgan fingerprint density at radius 3 is 2.54 bits per heavy atom. The molecule has 0 unspecified atom stereocenters. The van der Waals surface area contributed by atoms with E-state index in [1.165, 1.54) is 0 Å². The molecular formula is C20H16N2O2. The summed E-state index contributed by atoms with van der Waals surface area (Å²) in [6, 6.07) is 21.0. The molecule has 1 heterocycles. The van der Waals surface area contributed by atoms with Crippen LogP contribution in [0, 0.1) is 11.3 Å². The number of rotatable bonds is 5. The first-order valence-corrected chi connectivity index (χ1v) is 7.52. The van der Waals surface area contributed by atoms with Crippen molar-refractivity contribution in [1.29, 1.82) is 5.26 Å². The van der Waals surface area contributed by atoms with Crippen LogP contribution in [-0.4, -0.2) is 12.1 Å². The molecular weight excluding hydrogens is 300 g/mol. The number of hydrogen-bond acceptors (Lipinski definition) is 4. The van der Waals surface area contributed by atoms with Crippen molar-refractivity contribution < 1.29 is 9.47 Å². The Bertz CT molecular complexity index is 867. The fourth-order valence-electron chi connectivity index (χ4n) is 2.38. The van der Waals surface area contributed by atoms with E-state index in [1.807, 2.05) is 48.5 Å². The SMILES string of the molecule is COc1ccc(COc2ccccc2-c2ncccc2C#N)cc1. The molecule has 0 amide bonds. The lowest BCUT2D eigenvalue weighted by Crippen LogP contribution is -1.98. The summed E-state index contributed by atoms with van der Waals surface area (Å²) in [5.41, 5.74) is 3.00. The lowest BCUT2D eigenvalue weighted by Gasteiger charge is -2.12. The summed E-state index contributed by atoms with van der Waals surface area (Å²) in [6.07, 6.45) is 1.68. The molecule has 1 aromatic heterocycles. The molecule has 0 aliphatic heterocycles. The van der Waals surface area contributed by atoms with Gasteiger partial charge in [0.05, 0.1) is 18.4 Å². The fourth-order valence-corrected chi connectivity index (χ4v) is 2.38. The van der Waals surface area contributed by atoms with Gasteiger partial charge < -0.3 is 9.47 Å². The molecule has 0 aliphatic rings. The number of ether oxygens (including phenoxy) is 2. The van der Waals surface area contributed by atoms with Crippen LogP contribution in [0.1, 0.15) is 11.1 Å². The molecule has 0 saturated carbocycles. The molecule has 4 nitrogen and oxygen atoms in total. The first kappa shape index (κ1) is 15.6. The van der Waals surface area contributed by atoms with Gasteiger partial charge in [0.25, 0.3) is 0 Å². The second kappa shape index (κ2) is 7.30. The second-order valence-corrected chi connectivity index (χ2v) is 5.14. The van der Waals surface area contributed by atoms with Crippen LogP contribution >= 0.6 is 0 Å².